The molecular weight excluding hydrogens is 251 g/mol. The van der Waals surface area contributed by atoms with Crippen LogP contribution in [0.2, 0.25) is 0 Å². The molecule has 0 radical (unpaired) electrons. The normalized spacial score (nSPS) is 11.0. The average Bonchev–Trinajstić information content (AvgIpc) is 2.30. The molecule has 0 aliphatic heterocycles. The van der Waals surface area contributed by atoms with Crippen molar-refractivity contribution in [3.63, 3.8) is 0 Å². The van der Waals surface area contributed by atoms with Crippen LogP contribution in [0.15, 0.2) is 6.20 Å². The molecule has 0 saturated carbocycles. The van der Waals surface area contributed by atoms with Gasteiger partial charge in [-0.25, -0.2) is 0 Å². The lowest BCUT2D eigenvalue weighted by Gasteiger charge is -1.98. The van der Waals surface area contributed by atoms with Crippen LogP contribution < -0.4 is 0 Å². The van der Waals surface area contributed by atoms with E-state index in [1.165, 1.54) is 9.26 Å². The van der Waals surface area contributed by atoms with Crippen LogP contribution in [-0.4, -0.2) is 9.78 Å². The molecule has 0 fully saturated rings. The second kappa shape index (κ2) is 3.56. The Labute approximate surface area is 81.1 Å². The minimum atomic E-state index is 0.537. The first kappa shape index (κ1) is 9.03. The van der Waals surface area contributed by atoms with E-state index in [0.29, 0.717) is 5.92 Å². The van der Waals surface area contributed by atoms with Crippen LogP contribution in [-0.2, 0) is 6.54 Å². The molecule has 0 saturated heterocycles. The Morgan fingerprint density at radius 1 is 1.64 bits per heavy atom. The molecule has 0 aliphatic rings. The average molecular weight is 264 g/mol. The molecule has 0 amide bonds. The molecule has 0 aromatic carbocycles. The molecule has 2 nitrogen and oxygen atoms in total. The smallest absolute Gasteiger partial charge is 0.0783 e. The molecule has 0 N–H and O–H groups in total. The lowest BCUT2D eigenvalue weighted by Crippen LogP contribution is -1.96. The van der Waals surface area contributed by atoms with Crippen molar-refractivity contribution in [2.45, 2.75) is 33.2 Å². The minimum Gasteiger partial charge on any atom is -0.272 e. The van der Waals surface area contributed by atoms with Crippen molar-refractivity contribution in [2.75, 3.05) is 0 Å². The van der Waals surface area contributed by atoms with Gasteiger partial charge in [0.05, 0.1) is 9.26 Å². The Morgan fingerprint density at radius 2 is 2.27 bits per heavy atom. The van der Waals surface area contributed by atoms with E-state index in [1.54, 1.807) is 0 Å². The van der Waals surface area contributed by atoms with Gasteiger partial charge in [0, 0.05) is 12.7 Å². The Bertz CT molecular complexity index is 240. The van der Waals surface area contributed by atoms with Crippen molar-refractivity contribution >= 4 is 22.6 Å². The van der Waals surface area contributed by atoms with E-state index in [2.05, 4.69) is 54.7 Å². The molecular formula is C8H13IN2. The quantitative estimate of drug-likeness (QED) is 0.751. The SMILES string of the molecule is CCn1cc(I)c(C(C)C)n1. The number of aryl methyl sites for hydroxylation is 1. The Morgan fingerprint density at radius 3 is 2.55 bits per heavy atom. The maximum Gasteiger partial charge on any atom is 0.0783 e. The zero-order chi connectivity index (χ0) is 8.43. The predicted octanol–water partition coefficient (Wildman–Crippen LogP) is 2.63. The van der Waals surface area contributed by atoms with Crippen LogP contribution in [0.25, 0.3) is 0 Å². The first-order valence-electron chi connectivity index (χ1n) is 3.88. The van der Waals surface area contributed by atoms with Gasteiger partial charge in [0.25, 0.3) is 0 Å². The van der Waals surface area contributed by atoms with E-state index >= 15 is 0 Å². The third-order valence-corrected chi connectivity index (χ3v) is 2.45. The number of hydrogen-bond acceptors (Lipinski definition) is 1. The van der Waals surface area contributed by atoms with E-state index in [4.69, 9.17) is 0 Å². The number of nitrogens with zero attached hydrogens (tertiary/aromatic N) is 2. The van der Waals surface area contributed by atoms with Gasteiger partial charge in [-0.15, -0.1) is 0 Å². The summed E-state index contributed by atoms with van der Waals surface area (Å²) in [4.78, 5) is 0. The van der Waals surface area contributed by atoms with Crippen LogP contribution >= 0.6 is 22.6 Å². The lowest BCUT2D eigenvalue weighted by atomic mass is 10.1. The van der Waals surface area contributed by atoms with E-state index in [0.717, 1.165) is 6.54 Å². The first-order chi connectivity index (χ1) is 5.15. The molecule has 1 aromatic rings. The van der Waals surface area contributed by atoms with Gasteiger partial charge in [-0.05, 0) is 35.4 Å². The highest BCUT2D eigenvalue weighted by molar-refractivity contribution is 14.1. The second-order valence-electron chi connectivity index (χ2n) is 2.87. The van der Waals surface area contributed by atoms with Crippen LogP contribution in [0.4, 0.5) is 0 Å². The molecule has 11 heavy (non-hydrogen) atoms. The van der Waals surface area contributed by atoms with E-state index < -0.39 is 0 Å². The van der Waals surface area contributed by atoms with E-state index in [9.17, 15) is 0 Å². The zero-order valence-electron chi connectivity index (χ0n) is 7.13. The topological polar surface area (TPSA) is 17.8 Å². The van der Waals surface area contributed by atoms with Crippen molar-refractivity contribution in [1.29, 1.82) is 0 Å². The van der Waals surface area contributed by atoms with Gasteiger partial charge in [0.2, 0.25) is 0 Å². The first-order valence-corrected chi connectivity index (χ1v) is 4.95. The zero-order valence-corrected chi connectivity index (χ0v) is 9.29. The van der Waals surface area contributed by atoms with Gasteiger partial charge in [-0.2, -0.15) is 5.10 Å². The highest BCUT2D eigenvalue weighted by atomic mass is 127. The molecule has 62 valence electrons. The van der Waals surface area contributed by atoms with Crippen molar-refractivity contribution in [2.24, 2.45) is 0 Å². The van der Waals surface area contributed by atoms with Crippen LogP contribution in [0.3, 0.4) is 0 Å². The molecule has 0 spiro atoms. The number of halogens is 1. The van der Waals surface area contributed by atoms with Crippen molar-refractivity contribution in [3.05, 3.63) is 15.5 Å². The number of rotatable bonds is 2. The Hall–Kier alpha value is -0.0600. The van der Waals surface area contributed by atoms with Crippen LogP contribution in [0, 0.1) is 3.57 Å². The Kier molecular flexibility index (Phi) is 2.92. The second-order valence-corrected chi connectivity index (χ2v) is 4.03. The summed E-state index contributed by atoms with van der Waals surface area (Å²) < 4.78 is 3.26. The molecule has 1 heterocycles. The summed E-state index contributed by atoms with van der Waals surface area (Å²) in [6.45, 7) is 7.41. The maximum atomic E-state index is 4.44. The summed E-state index contributed by atoms with van der Waals surface area (Å²) in [5.41, 5.74) is 1.22. The molecule has 1 aromatic heterocycles. The van der Waals surface area contributed by atoms with Crippen molar-refractivity contribution in [3.8, 4) is 0 Å². The van der Waals surface area contributed by atoms with Crippen molar-refractivity contribution < 1.29 is 0 Å². The predicted molar refractivity (Wildman–Crippen MR) is 54.7 cm³/mol. The standard InChI is InChI=1S/C8H13IN2/c1-4-11-5-7(9)8(10-11)6(2)3/h5-6H,4H2,1-3H3. The molecule has 0 unspecified atom stereocenters. The summed E-state index contributed by atoms with van der Waals surface area (Å²) in [5.74, 6) is 0.537. The van der Waals surface area contributed by atoms with Gasteiger partial charge in [-0.3, -0.25) is 4.68 Å². The lowest BCUT2D eigenvalue weighted by molar-refractivity contribution is 0.635. The molecule has 1 rings (SSSR count). The highest BCUT2D eigenvalue weighted by Gasteiger charge is 2.08. The number of hydrogen-bond donors (Lipinski definition) is 0. The molecule has 3 heteroatoms. The highest BCUT2D eigenvalue weighted by Crippen LogP contribution is 2.18. The largest absolute Gasteiger partial charge is 0.272 e. The third kappa shape index (κ3) is 1.95. The molecule has 0 atom stereocenters. The summed E-state index contributed by atoms with van der Waals surface area (Å²) >= 11 is 2.34. The number of aromatic nitrogens is 2. The van der Waals surface area contributed by atoms with Crippen LogP contribution in [0.5, 0.6) is 0 Å². The van der Waals surface area contributed by atoms with Gasteiger partial charge in [0.1, 0.15) is 0 Å². The fourth-order valence-corrected chi connectivity index (χ4v) is 2.02. The van der Waals surface area contributed by atoms with Gasteiger partial charge >= 0.3 is 0 Å². The molecule has 0 aliphatic carbocycles. The Balaban J connectivity index is 2.97. The summed E-state index contributed by atoms with van der Waals surface area (Å²) in [5, 5.41) is 4.44. The van der Waals surface area contributed by atoms with Gasteiger partial charge < -0.3 is 0 Å². The van der Waals surface area contributed by atoms with Crippen molar-refractivity contribution in [1.82, 2.24) is 9.78 Å². The minimum absolute atomic E-state index is 0.537. The third-order valence-electron chi connectivity index (χ3n) is 1.61. The van der Waals surface area contributed by atoms with Gasteiger partial charge in [0.15, 0.2) is 0 Å². The maximum absolute atomic E-state index is 4.44. The van der Waals surface area contributed by atoms with Gasteiger partial charge in [-0.1, -0.05) is 13.8 Å². The molecule has 0 bridgehead atoms. The monoisotopic (exact) mass is 264 g/mol. The summed E-state index contributed by atoms with van der Waals surface area (Å²) in [6.07, 6.45) is 2.09. The summed E-state index contributed by atoms with van der Waals surface area (Å²) in [6, 6.07) is 0. The fraction of sp³-hybridized carbons (Fsp3) is 0.625. The van der Waals surface area contributed by atoms with Crippen LogP contribution in [0.1, 0.15) is 32.4 Å². The fourth-order valence-electron chi connectivity index (χ4n) is 0.965. The van der Waals surface area contributed by atoms with E-state index in [1.807, 2.05) is 4.68 Å². The van der Waals surface area contributed by atoms with E-state index in [-0.39, 0.29) is 0 Å². The summed E-state index contributed by atoms with van der Waals surface area (Å²) in [7, 11) is 0.